The van der Waals surface area contributed by atoms with Gasteiger partial charge in [0.2, 0.25) is 27.7 Å². The summed E-state index contributed by atoms with van der Waals surface area (Å²) < 4.78 is 33.7. The second-order valence-corrected chi connectivity index (χ2v) is 17.5. The molecule has 1 aliphatic carbocycles. The summed E-state index contributed by atoms with van der Waals surface area (Å²) in [6.45, 7) is 8.02. The van der Waals surface area contributed by atoms with Crippen LogP contribution in [0, 0.1) is 11.8 Å². The molecule has 0 spiro atoms. The topological polar surface area (TPSA) is 210 Å². The number of nitrogens with one attached hydrogen (secondary N) is 2. The van der Waals surface area contributed by atoms with Crippen LogP contribution in [0.5, 0.6) is 0 Å². The third-order valence-electron chi connectivity index (χ3n) is 10.3. The van der Waals surface area contributed by atoms with E-state index in [9.17, 15) is 22.8 Å². The number of aromatic nitrogens is 5. The summed E-state index contributed by atoms with van der Waals surface area (Å²) in [5.74, 6) is -0.665. The van der Waals surface area contributed by atoms with Gasteiger partial charge in [0, 0.05) is 74.3 Å². The molecule has 1 saturated heterocycles. The number of anilines is 1. The number of nitrogens with two attached hydrogens (primary N) is 1. The molecule has 6 rings (SSSR count). The molecule has 16 nitrogen and oxygen atoms in total. The van der Waals surface area contributed by atoms with E-state index in [-0.39, 0.29) is 29.1 Å². The number of hydrogen-bond donors (Lipinski definition) is 3. The van der Waals surface area contributed by atoms with Gasteiger partial charge in [-0.2, -0.15) is 9.52 Å². The van der Waals surface area contributed by atoms with Gasteiger partial charge in [0.25, 0.3) is 0 Å². The highest BCUT2D eigenvalue weighted by Crippen LogP contribution is 2.33. The number of aromatic amines is 1. The van der Waals surface area contributed by atoms with Crippen LogP contribution in [0.15, 0.2) is 71.9 Å². The molecule has 2 aromatic carbocycles. The van der Waals surface area contributed by atoms with Crippen molar-refractivity contribution in [2.75, 3.05) is 44.7 Å². The molecule has 3 heterocycles. The summed E-state index contributed by atoms with van der Waals surface area (Å²) in [6.07, 6.45) is 5.24. The van der Waals surface area contributed by atoms with Crippen LogP contribution in [-0.2, 0) is 30.8 Å². The van der Waals surface area contributed by atoms with Crippen LogP contribution < -0.4 is 16.0 Å². The Morgan fingerprint density at radius 2 is 1.61 bits per heavy atom. The maximum atomic E-state index is 14.5. The first-order valence-electron chi connectivity index (χ1n) is 18.8. The minimum absolute atomic E-state index is 0.130. The largest absolute Gasteiger partial charge is 0.444 e. The van der Waals surface area contributed by atoms with Crippen molar-refractivity contribution in [3.8, 4) is 22.5 Å². The van der Waals surface area contributed by atoms with Gasteiger partial charge in [-0.15, -0.1) is 10.2 Å². The van der Waals surface area contributed by atoms with Gasteiger partial charge in [-0.05, 0) is 106 Å². The number of rotatable bonds is 12. The van der Waals surface area contributed by atoms with Crippen molar-refractivity contribution in [1.29, 1.82) is 0 Å². The average Bonchev–Trinajstić information content (AvgIpc) is 3.72. The number of sulfonamides is 1. The van der Waals surface area contributed by atoms with Crippen LogP contribution in [-0.4, -0.2) is 113 Å². The predicted molar refractivity (Wildman–Crippen MR) is 209 cm³/mol. The predicted octanol–water partition coefficient (Wildman–Crippen LogP) is 3.63. The summed E-state index contributed by atoms with van der Waals surface area (Å²) in [6, 6.07) is 15.0. The van der Waals surface area contributed by atoms with Gasteiger partial charge in [-0.3, -0.25) is 19.5 Å². The van der Waals surface area contributed by atoms with Gasteiger partial charge in [0.05, 0.1) is 0 Å². The number of amides is 3. The lowest BCUT2D eigenvalue weighted by molar-refractivity contribution is -0.127. The Morgan fingerprint density at radius 3 is 2.21 bits per heavy atom. The van der Waals surface area contributed by atoms with E-state index >= 15 is 0 Å². The zero-order valence-corrected chi connectivity index (χ0v) is 33.0. The zero-order valence-electron chi connectivity index (χ0n) is 32.2. The highest BCUT2D eigenvalue weighted by Gasteiger charge is 2.36. The normalized spacial score (nSPS) is 18.9. The zero-order chi connectivity index (χ0) is 40.0. The number of carbonyl (C=O) groups is 3. The van der Waals surface area contributed by atoms with E-state index in [1.165, 1.54) is 15.4 Å². The standard InChI is InChI=1S/C39H50N10O6S/c1-39(2,3)55-38(52)42-23-27-7-11-30(12-8-27)37(51)49(32-15-13-29(14-16-32)36-43-45-46-44-36)34(35(40)50)21-26-5-9-28(10-6-26)31-22-33(25-41-24-31)56(53,54)48-19-17-47(4)18-20-48/h5-6,9-10,13-16,22,24-25,27,30,34H,7-8,11-12,17-21,23H2,1-4H3,(H2,40,50)(H,42,52)(H,43,44,45,46)/t27?,30?,34-/m0/s1. The molecule has 4 N–H and O–H groups in total. The van der Waals surface area contributed by atoms with Gasteiger partial charge in [-0.1, -0.05) is 24.3 Å². The van der Waals surface area contributed by atoms with E-state index in [1.54, 1.807) is 36.5 Å². The number of hydrogen-bond acceptors (Lipinski definition) is 11. The number of nitrogens with zero attached hydrogens (tertiary/aromatic N) is 7. The number of H-pyrrole nitrogens is 1. The van der Waals surface area contributed by atoms with Crippen LogP contribution in [0.25, 0.3) is 22.5 Å². The van der Waals surface area contributed by atoms with E-state index < -0.39 is 33.7 Å². The second-order valence-electron chi connectivity index (χ2n) is 15.5. The van der Waals surface area contributed by atoms with Crippen molar-refractivity contribution in [1.82, 2.24) is 40.1 Å². The second kappa shape index (κ2) is 17.3. The molecule has 1 saturated carbocycles. The van der Waals surface area contributed by atoms with Crippen molar-refractivity contribution in [3.05, 3.63) is 72.6 Å². The van der Waals surface area contributed by atoms with Gasteiger partial charge in [0.15, 0.2) is 0 Å². The number of pyridine rings is 1. The minimum Gasteiger partial charge on any atom is -0.444 e. The molecule has 0 unspecified atom stereocenters. The van der Waals surface area contributed by atoms with Crippen LogP contribution in [0.4, 0.5) is 10.5 Å². The highest BCUT2D eigenvalue weighted by atomic mass is 32.2. The molecule has 2 fully saturated rings. The molecule has 0 radical (unpaired) electrons. The fourth-order valence-corrected chi connectivity index (χ4v) is 8.55. The van der Waals surface area contributed by atoms with Crippen molar-refractivity contribution < 1.29 is 27.5 Å². The number of primary amides is 1. The van der Waals surface area contributed by atoms with E-state index in [4.69, 9.17) is 10.5 Å². The first-order chi connectivity index (χ1) is 26.7. The minimum atomic E-state index is -3.71. The molecular formula is C39H50N10O6S. The maximum Gasteiger partial charge on any atom is 0.407 e. The number of benzene rings is 2. The van der Waals surface area contributed by atoms with E-state index in [0.29, 0.717) is 81.0 Å². The number of ether oxygens (including phenoxy) is 1. The molecular weight excluding hydrogens is 737 g/mol. The molecule has 1 atom stereocenters. The fourth-order valence-electron chi connectivity index (χ4n) is 7.14. The molecule has 2 aromatic heterocycles. The SMILES string of the molecule is CN1CCN(S(=O)(=O)c2cncc(-c3ccc(C[C@@H](C(N)=O)N(C(=O)C4CCC(CNC(=O)OC(C)(C)C)CC4)c4ccc(-c5nn[nH]n5)cc4)cc3)c2)CC1. The van der Waals surface area contributed by atoms with Gasteiger partial charge in [0.1, 0.15) is 16.5 Å². The lowest BCUT2D eigenvalue weighted by atomic mass is 9.81. The van der Waals surface area contributed by atoms with E-state index in [1.807, 2.05) is 52.1 Å². The average molecular weight is 787 g/mol. The van der Waals surface area contributed by atoms with Gasteiger partial charge in [-0.25, -0.2) is 13.2 Å². The first-order valence-corrected chi connectivity index (χ1v) is 20.3. The fraction of sp³-hybridized carbons (Fsp3) is 0.462. The molecule has 3 amide bonds. The summed E-state index contributed by atoms with van der Waals surface area (Å²) >= 11 is 0. The molecule has 17 heteroatoms. The Hall–Kier alpha value is -5.26. The number of tetrazole rings is 1. The van der Waals surface area contributed by atoms with Crippen LogP contribution in [0.3, 0.4) is 0 Å². The van der Waals surface area contributed by atoms with E-state index in [2.05, 4.69) is 35.8 Å². The van der Waals surface area contributed by atoms with Crippen molar-refractivity contribution in [2.24, 2.45) is 17.6 Å². The van der Waals surface area contributed by atoms with Gasteiger partial charge < -0.3 is 20.7 Å². The summed E-state index contributed by atoms with van der Waals surface area (Å²) in [4.78, 5) is 48.0. The number of carbonyl (C=O) groups excluding carboxylic acids is 3. The van der Waals surface area contributed by atoms with Crippen molar-refractivity contribution in [3.63, 3.8) is 0 Å². The molecule has 298 valence electrons. The molecule has 0 bridgehead atoms. The molecule has 56 heavy (non-hydrogen) atoms. The Labute approximate surface area is 327 Å². The molecule has 4 aromatic rings. The Bertz CT molecular complexity index is 2070. The Balaban J connectivity index is 1.20. The maximum absolute atomic E-state index is 14.5. The first kappa shape index (κ1) is 40.4. The third-order valence-corrected chi connectivity index (χ3v) is 12.1. The lowest BCUT2D eigenvalue weighted by Gasteiger charge is -2.36. The smallest absolute Gasteiger partial charge is 0.407 e. The molecule has 1 aliphatic heterocycles. The number of likely N-dealkylation sites (N-methyl/N-ethyl adjacent to an activating group) is 1. The van der Waals surface area contributed by atoms with E-state index in [0.717, 1.165) is 11.1 Å². The summed E-state index contributed by atoms with van der Waals surface area (Å²) in [5, 5.41) is 17.0. The van der Waals surface area contributed by atoms with Crippen molar-refractivity contribution >= 4 is 33.6 Å². The lowest BCUT2D eigenvalue weighted by Crippen LogP contribution is -2.52. The molecule has 2 aliphatic rings. The quantitative estimate of drug-likeness (QED) is 0.189. The van der Waals surface area contributed by atoms with Crippen LogP contribution in [0.2, 0.25) is 0 Å². The third kappa shape index (κ3) is 9.94. The number of alkyl carbamates (subject to hydrolysis) is 1. The van der Waals surface area contributed by atoms with Crippen molar-refractivity contribution in [2.45, 2.75) is 69.4 Å². The highest BCUT2D eigenvalue weighted by molar-refractivity contribution is 7.89. The summed E-state index contributed by atoms with van der Waals surface area (Å²) in [5.41, 5.74) is 8.80. The van der Waals surface area contributed by atoms with Crippen LogP contribution >= 0.6 is 0 Å². The summed E-state index contributed by atoms with van der Waals surface area (Å²) in [7, 11) is -1.74. The Morgan fingerprint density at radius 1 is 0.946 bits per heavy atom. The monoisotopic (exact) mass is 786 g/mol. The number of piperazine rings is 1. The van der Waals surface area contributed by atoms with Gasteiger partial charge >= 0.3 is 6.09 Å². The van der Waals surface area contributed by atoms with Crippen LogP contribution in [0.1, 0.15) is 52.0 Å². The Kier molecular flexibility index (Phi) is 12.5.